The Hall–Kier alpha value is -1.65. The molecule has 0 heterocycles. The van der Waals surface area contributed by atoms with Gasteiger partial charge in [-0.25, -0.2) is 8.78 Å². The molecule has 1 rings (SSSR count). The van der Waals surface area contributed by atoms with E-state index in [4.69, 9.17) is 5.73 Å². The van der Waals surface area contributed by atoms with E-state index in [-0.39, 0.29) is 11.3 Å². The Bertz CT molecular complexity index is 422. The molecule has 0 fully saturated rings. The Morgan fingerprint density at radius 1 is 1.28 bits per heavy atom. The van der Waals surface area contributed by atoms with Crippen molar-refractivity contribution >= 4 is 11.6 Å². The van der Waals surface area contributed by atoms with Gasteiger partial charge in [0, 0.05) is 6.54 Å². The molecule has 0 saturated heterocycles. The van der Waals surface area contributed by atoms with Gasteiger partial charge < -0.3 is 11.1 Å². The first-order chi connectivity index (χ1) is 8.56. The van der Waals surface area contributed by atoms with Gasteiger partial charge in [-0.15, -0.1) is 0 Å². The van der Waals surface area contributed by atoms with E-state index in [9.17, 15) is 13.6 Å². The predicted octanol–water partition coefficient (Wildman–Crippen LogP) is 2.86. The Labute approximate surface area is 105 Å². The van der Waals surface area contributed by atoms with E-state index in [0.29, 0.717) is 6.54 Å². The third-order valence-electron chi connectivity index (χ3n) is 2.63. The van der Waals surface area contributed by atoms with Crippen LogP contribution in [0, 0.1) is 11.6 Å². The number of unbranched alkanes of at least 4 members (excludes halogenated alkanes) is 3. The van der Waals surface area contributed by atoms with Crippen molar-refractivity contribution in [1.82, 2.24) is 5.32 Å². The van der Waals surface area contributed by atoms with Crippen molar-refractivity contribution in [3.05, 3.63) is 29.3 Å². The summed E-state index contributed by atoms with van der Waals surface area (Å²) in [5, 5.41) is 2.55. The van der Waals surface area contributed by atoms with Crippen molar-refractivity contribution in [2.24, 2.45) is 0 Å². The van der Waals surface area contributed by atoms with Crippen LogP contribution in [0.15, 0.2) is 12.1 Å². The predicted molar refractivity (Wildman–Crippen MR) is 67.2 cm³/mol. The number of nitrogen functional groups attached to an aromatic ring is 1. The second kappa shape index (κ2) is 6.93. The van der Waals surface area contributed by atoms with Crippen LogP contribution in [-0.4, -0.2) is 12.5 Å². The van der Waals surface area contributed by atoms with Gasteiger partial charge in [-0.3, -0.25) is 4.79 Å². The monoisotopic (exact) mass is 256 g/mol. The summed E-state index contributed by atoms with van der Waals surface area (Å²) in [6.07, 6.45) is 4.02. The molecule has 0 saturated carbocycles. The first kappa shape index (κ1) is 14.4. The van der Waals surface area contributed by atoms with Gasteiger partial charge >= 0.3 is 0 Å². The highest BCUT2D eigenvalue weighted by Gasteiger charge is 2.15. The molecule has 0 spiro atoms. The molecule has 100 valence electrons. The fourth-order valence-corrected chi connectivity index (χ4v) is 1.62. The number of carbonyl (C=O) groups excluding carboxylic acids is 1. The first-order valence-electron chi connectivity index (χ1n) is 6.09. The van der Waals surface area contributed by atoms with Crippen LogP contribution in [0.2, 0.25) is 0 Å². The minimum atomic E-state index is -0.873. The largest absolute Gasteiger partial charge is 0.396 e. The van der Waals surface area contributed by atoms with E-state index in [1.165, 1.54) is 0 Å². The van der Waals surface area contributed by atoms with Crippen LogP contribution in [-0.2, 0) is 0 Å². The van der Waals surface area contributed by atoms with Crippen molar-refractivity contribution in [1.29, 1.82) is 0 Å². The van der Waals surface area contributed by atoms with E-state index in [0.717, 1.165) is 37.8 Å². The van der Waals surface area contributed by atoms with E-state index >= 15 is 0 Å². The normalized spacial score (nSPS) is 10.4. The zero-order valence-electron chi connectivity index (χ0n) is 10.4. The number of benzene rings is 1. The highest BCUT2D eigenvalue weighted by Crippen LogP contribution is 2.17. The zero-order valence-corrected chi connectivity index (χ0v) is 10.4. The molecule has 3 nitrogen and oxygen atoms in total. The van der Waals surface area contributed by atoms with E-state index in [2.05, 4.69) is 12.2 Å². The van der Waals surface area contributed by atoms with E-state index in [1.807, 2.05) is 0 Å². The standard InChI is InChI=1S/C13H18F2N2O/c1-2-3-4-5-6-17-13(18)10-7-9(14)8-11(16)12(10)15/h7-8H,2-6,16H2,1H3,(H,17,18). The average Bonchev–Trinajstić information content (AvgIpc) is 2.33. The van der Waals surface area contributed by atoms with Gasteiger partial charge in [-0.1, -0.05) is 26.2 Å². The molecule has 1 aromatic rings. The Balaban J connectivity index is 2.56. The number of halogens is 2. The Morgan fingerprint density at radius 3 is 2.67 bits per heavy atom. The molecule has 0 aliphatic rings. The van der Waals surface area contributed by atoms with Crippen molar-refractivity contribution in [3.63, 3.8) is 0 Å². The maximum Gasteiger partial charge on any atom is 0.254 e. The van der Waals surface area contributed by atoms with Gasteiger partial charge in [0.2, 0.25) is 0 Å². The quantitative estimate of drug-likeness (QED) is 0.607. The summed E-state index contributed by atoms with van der Waals surface area (Å²) in [6, 6.07) is 1.71. The molecule has 0 atom stereocenters. The highest BCUT2D eigenvalue weighted by molar-refractivity contribution is 5.95. The smallest absolute Gasteiger partial charge is 0.254 e. The number of carbonyl (C=O) groups is 1. The summed E-state index contributed by atoms with van der Waals surface area (Å²) in [6.45, 7) is 2.54. The van der Waals surface area contributed by atoms with Crippen LogP contribution < -0.4 is 11.1 Å². The molecule has 18 heavy (non-hydrogen) atoms. The van der Waals surface area contributed by atoms with Crippen LogP contribution in [0.5, 0.6) is 0 Å². The number of hydrogen-bond donors (Lipinski definition) is 2. The first-order valence-corrected chi connectivity index (χ1v) is 6.09. The minimum Gasteiger partial charge on any atom is -0.396 e. The molecule has 1 amide bonds. The molecule has 0 aliphatic carbocycles. The van der Waals surface area contributed by atoms with Gasteiger partial charge in [0.05, 0.1) is 11.3 Å². The second-order valence-electron chi connectivity index (χ2n) is 4.17. The van der Waals surface area contributed by atoms with E-state index < -0.39 is 17.5 Å². The lowest BCUT2D eigenvalue weighted by Crippen LogP contribution is -2.25. The number of amides is 1. The summed E-state index contributed by atoms with van der Waals surface area (Å²) in [5.41, 5.74) is 4.56. The van der Waals surface area contributed by atoms with Crippen LogP contribution >= 0.6 is 0 Å². The van der Waals surface area contributed by atoms with Crippen molar-refractivity contribution in [2.45, 2.75) is 32.6 Å². The van der Waals surface area contributed by atoms with Gasteiger partial charge in [0.25, 0.3) is 5.91 Å². The lowest BCUT2D eigenvalue weighted by atomic mass is 10.1. The summed E-state index contributed by atoms with van der Waals surface area (Å²) >= 11 is 0. The molecule has 3 N–H and O–H groups in total. The maximum atomic E-state index is 13.5. The molecular formula is C13H18F2N2O. The van der Waals surface area contributed by atoms with Crippen LogP contribution in [0.3, 0.4) is 0 Å². The minimum absolute atomic E-state index is 0.344. The summed E-state index contributed by atoms with van der Waals surface area (Å²) in [4.78, 5) is 11.6. The molecule has 0 aromatic heterocycles. The topological polar surface area (TPSA) is 55.1 Å². The molecule has 1 aromatic carbocycles. The van der Waals surface area contributed by atoms with Crippen LogP contribution in [0.25, 0.3) is 0 Å². The zero-order chi connectivity index (χ0) is 13.5. The Morgan fingerprint density at radius 2 is 2.00 bits per heavy atom. The molecule has 0 bridgehead atoms. The fraction of sp³-hybridized carbons (Fsp3) is 0.462. The fourth-order valence-electron chi connectivity index (χ4n) is 1.62. The van der Waals surface area contributed by atoms with Gasteiger partial charge in [0.1, 0.15) is 5.82 Å². The number of anilines is 1. The molecular weight excluding hydrogens is 238 g/mol. The third-order valence-corrected chi connectivity index (χ3v) is 2.63. The van der Waals surface area contributed by atoms with Crippen LogP contribution in [0.1, 0.15) is 43.0 Å². The SMILES string of the molecule is CCCCCCNC(=O)c1cc(F)cc(N)c1F. The lowest BCUT2D eigenvalue weighted by molar-refractivity contribution is 0.0948. The number of hydrogen-bond acceptors (Lipinski definition) is 2. The lowest BCUT2D eigenvalue weighted by Gasteiger charge is -2.07. The van der Waals surface area contributed by atoms with E-state index in [1.54, 1.807) is 0 Å². The summed E-state index contributed by atoms with van der Waals surface area (Å²) in [5.74, 6) is -2.22. The number of nitrogens with two attached hydrogens (primary N) is 1. The maximum absolute atomic E-state index is 13.5. The molecule has 0 unspecified atom stereocenters. The highest BCUT2D eigenvalue weighted by atomic mass is 19.1. The third kappa shape index (κ3) is 3.98. The number of rotatable bonds is 6. The van der Waals surface area contributed by atoms with Gasteiger partial charge in [-0.05, 0) is 18.6 Å². The number of nitrogens with one attached hydrogen (secondary N) is 1. The van der Waals surface area contributed by atoms with Crippen molar-refractivity contribution < 1.29 is 13.6 Å². The average molecular weight is 256 g/mol. The van der Waals surface area contributed by atoms with Crippen molar-refractivity contribution in [2.75, 3.05) is 12.3 Å². The molecule has 0 radical (unpaired) electrons. The van der Waals surface area contributed by atoms with Crippen LogP contribution in [0.4, 0.5) is 14.5 Å². The molecule has 5 heteroatoms. The van der Waals surface area contributed by atoms with Gasteiger partial charge in [0.15, 0.2) is 5.82 Å². The van der Waals surface area contributed by atoms with Gasteiger partial charge in [-0.2, -0.15) is 0 Å². The molecule has 0 aliphatic heterocycles. The summed E-state index contributed by atoms with van der Waals surface area (Å²) < 4.78 is 26.5. The Kier molecular flexibility index (Phi) is 5.55. The van der Waals surface area contributed by atoms with Crippen molar-refractivity contribution in [3.8, 4) is 0 Å². The second-order valence-corrected chi connectivity index (χ2v) is 4.17. The summed E-state index contributed by atoms with van der Waals surface area (Å²) in [7, 11) is 0.